The Bertz CT molecular complexity index is 612. The maximum absolute atomic E-state index is 12.7. The van der Waals surface area contributed by atoms with Gasteiger partial charge in [-0.15, -0.1) is 11.8 Å². The van der Waals surface area contributed by atoms with Gasteiger partial charge in [-0.25, -0.2) is 0 Å². The van der Waals surface area contributed by atoms with E-state index >= 15 is 0 Å². The lowest BCUT2D eigenvalue weighted by atomic mass is 10.1. The third-order valence-corrected chi connectivity index (χ3v) is 5.13. The first kappa shape index (κ1) is 16.1. The van der Waals surface area contributed by atoms with Crippen LogP contribution in [-0.4, -0.2) is 25.2 Å². The molecule has 2 aromatic carbocycles. The van der Waals surface area contributed by atoms with Crippen molar-refractivity contribution in [3.63, 3.8) is 0 Å². The van der Waals surface area contributed by atoms with E-state index in [2.05, 4.69) is 5.32 Å². The summed E-state index contributed by atoms with van der Waals surface area (Å²) in [5.41, 5.74) is 1.02. The second-order valence-electron chi connectivity index (χ2n) is 5.60. The Morgan fingerprint density at radius 1 is 1.13 bits per heavy atom. The number of amides is 1. The topological polar surface area (TPSA) is 38.3 Å². The number of ether oxygens (including phenoxy) is 1. The minimum atomic E-state index is -0.250. The highest BCUT2D eigenvalue weighted by molar-refractivity contribution is 8.00. The molecule has 120 valence electrons. The van der Waals surface area contributed by atoms with Crippen molar-refractivity contribution in [3.8, 4) is 0 Å². The molecule has 0 bridgehead atoms. The smallest absolute Gasteiger partial charge is 0.238 e. The normalized spacial score (nSPS) is 18.5. The van der Waals surface area contributed by atoms with Crippen molar-refractivity contribution in [2.75, 3.05) is 13.2 Å². The number of carbonyl (C=O) groups is 1. The molecule has 1 amide bonds. The molecular formula is C19H21NO2S. The molecule has 1 saturated heterocycles. The minimum Gasteiger partial charge on any atom is -0.376 e. The van der Waals surface area contributed by atoms with Crippen LogP contribution in [0.3, 0.4) is 0 Å². The van der Waals surface area contributed by atoms with E-state index < -0.39 is 0 Å². The Kier molecular flexibility index (Phi) is 5.72. The molecule has 0 aromatic heterocycles. The SMILES string of the molecule is O=C(NC[C@@H]1CCCO1)[C@H](Sc1ccccc1)c1ccccc1. The molecule has 2 atom stereocenters. The van der Waals surface area contributed by atoms with Crippen molar-refractivity contribution >= 4 is 17.7 Å². The van der Waals surface area contributed by atoms with E-state index in [4.69, 9.17) is 4.74 Å². The predicted octanol–water partition coefficient (Wildman–Crippen LogP) is 3.82. The lowest BCUT2D eigenvalue weighted by Crippen LogP contribution is -2.34. The average molecular weight is 327 g/mol. The van der Waals surface area contributed by atoms with Gasteiger partial charge in [-0.3, -0.25) is 4.79 Å². The molecule has 3 nitrogen and oxygen atoms in total. The van der Waals surface area contributed by atoms with E-state index in [1.54, 1.807) is 11.8 Å². The molecule has 1 fully saturated rings. The summed E-state index contributed by atoms with van der Waals surface area (Å²) in [6.45, 7) is 1.40. The molecule has 1 aliphatic heterocycles. The highest BCUT2D eigenvalue weighted by Gasteiger charge is 2.23. The van der Waals surface area contributed by atoms with Gasteiger partial charge in [-0.2, -0.15) is 0 Å². The summed E-state index contributed by atoms with van der Waals surface area (Å²) < 4.78 is 5.59. The van der Waals surface area contributed by atoms with Crippen LogP contribution in [0.4, 0.5) is 0 Å². The highest BCUT2D eigenvalue weighted by Crippen LogP contribution is 2.35. The van der Waals surface area contributed by atoms with Gasteiger partial charge in [0.05, 0.1) is 6.10 Å². The van der Waals surface area contributed by atoms with Gasteiger partial charge < -0.3 is 10.1 Å². The standard InChI is InChI=1S/C19H21NO2S/c21-19(20-14-16-10-7-13-22-16)18(15-8-3-1-4-9-15)23-17-11-5-2-6-12-17/h1-6,8-9,11-12,16,18H,7,10,13-14H2,(H,20,21)/t16-,18+/m0/s1. The molecule has 1 N–H and O–H groups in total. The van der Waals surface area contributed by atoms with Gasteiger partial charge in [0, 0.05) is 18.0 Å². The van der Waals surface area contributed by atoms with E-state index in [-0.39, 0.29) is 17.3 Å². The fourth-order valence-corrected chi connectivity index (χ4v) is 3.72. The quantitative estimate of drug-likeness (QED) is 0.820. The number of carbonyl (C=O) groups excluding carboxylic acids is 1. The maximum atomic E-state index is 12.7. The van der Waals surface area contributed by atoms with E-state index in [9.17, 15) is 4.79 Å². The summed E-state index contributed by atoms with van der Waals surface area (Å²) in [6, 6.07) is 20.0. The van der Waals surface area contributed by atoms with Crippen molar-refractivity contribution in [1.82, 2.24) is 5.32 Å². The van der Waals surface area contributed by atoms with Crippen molar-refractivity contribution in [3.05, 3.63) is 66.2 Å². The molecular weight excluding hydrogens is 306 g/mol. The molecule has 4 heteroatoms. The van der Waals surface area contributed by atoms with Crippen LogP contribution < -0.4 is 5.32 Å². The van der Waals surface area contributed by atoms with Gasteiger partial charge in [0.2, 0.25) is 5.91 Å². The van der Waals surface area contributed by atoms with Gasteiger partial charge in [-0.05, 0) is 30.5 Å². The number of benzene rings is 2. The fourth-order valence-electron chi connectivity index (χ4n) is 2.65. The van der Waals surface area contributed by atoms with Crippen LogP contribution in [0.15, 0.2) is 65.6 Å². The van der Waals surface area contributed by atoms with Crippen molar-refractivity contribution in [1.29, 1.82) is 0 Å². The average Bonchev–Trinajstić information content (AvgIpc) is 3.13. The van der Waals surface area contributed by atoms with E-state index in [0.29, 0.717) is 6.54 Å². The lowest BCUT2D eigenvalue weighted by molar-refractivity contribution is -0.121. The summed E-state index contributed by atoms with van der Waals surface area (Å²) in [4.78, 5) is 13.8. The molecule has 3 rings (SSSR count). The van der Waals surface area contributed by atoms with Crippen molar-refractivity contribution in [2.45, 2.75) is 29.1 Å². The summed E-state index contributed by atoms with van der Waals surface area (Å²) >= 11 is 1.58. The predicted molar refractivity (Wildman–Crippen MR) is 93.5 cm³/mol. The number of rotatable bonds is 6. The van der Waals surface area contributed by atoms with Crippen LogP contribution in [0.1, 0.15) is 23.7 Å². The molecule has 0 saturated carbocycles. The van der Waals surface area contributed by atoms with Crippen LogP contribution in [0.5, 0.6) is 0 Å². The van der Waals surface area contributed by atoms with E-state index in [1.807, 2.05) is 60.7 Å². The zero-order valence-electron chi connectivity index (χ0n) is 13.0. The molecule has 1 aliphatic rings. The summed E-state index contributed by atoms with van der Waals surface area (Å²) in [5.74, 6) is 0.0422. The Hall–Kier alpha value is -1.78. The lowest BCUT2D eigenvalue weighted by Gasteiger charge is -2.18. The van der Waals surface area contributed by atoms with Crippen LogP contribution in [-0.2, 0) is 9.53 Å². The highest BCUT2D eigenvalue weighted by atomic mass is 32.2. The molecule has 1 heterocycles. The zero-order chi connectivity index (χ0) is 15.9. The van der Waals surface area contributed by atoms with E-state index in [0.717, 1.165) is 29.9 Å². The molecule has 23 heavy (non-hydrogen) atoms. The Balaban J connectivity index is 1.70. The summed E-state index contributed by atoms with van der Waals surface area (Å²) in [7, 11) is 0. The third-order valence-electron chi connectivity index (χ3n) is 3.87. The Morgan fingerprint density at radius 2 is 1.83 bits per heavy atom. The van der Waals surface area contributed by atoms with Crippen LogP contribution in [0.25, 0.3) is 0 Å². The second kappa shape index (κ2) is 8.18. The maximum Gasteiger partial charge on any atom is 0.238 e. The van der Waals surface area contributed by atoms with Crippen LogP contribution in [0, 0.1) is 0 Å². The Morgan fingerprint density at radius 3 is 2.48 bits per heavy atom. The fraction of sp³-hybridized carbons (Fsp3) is 0.316. The van der Waals surface area contributed by atoms with Crippen LogP contribution in [0.2, 0.25) is 0 Å². The number of thioether (sulfide) groups is 1. The first-order valence-electron chi connectivity index (χ1n) is 7.99. The number of hydrogen-bond donors (Lipinski definition) is 1. The third kappa shape index (κ3) is 4.60. The van der Waals surface area contributed by atoms with Crippen molar-refractivity contribution in [2.24, 2.45) is 0 Å². The number of nitrogens with one attached hydrogen (secondary N) is 1. The van der Waals surface area contributed by atoms with Gasteiger partial charge in [0.15, 0.2) is 0 Å². The first-order valence-corrected chi connectivity index (χ1v) is 8.87. The first-order chi connectivity index (χ1) is 11.3. The van der Waals surface area contributed by atoms with Crippen LogP contribution >= 0.6 is 11.8 Å². The molecule has 0 spiro atoms. The summed E-state index contributed by atoms with van der Waals surface area (Å²) in [6.07, 6.45) is 2.28. The Labute approximate surface area is 141 Å². The molecule has 2 aromatic rings. The molecule has 0 radical (unpaired) electrons. The molecule has 0 aliphatic carbocycles. The van der Waals surface area contributed by atoms with Gasteiger partial charge in [0.1, 0.15) is 5.25 Å². The minimum absolute atomic E-state index is 0.0422. The van der Waals surface area contributed by atoms with Gasteiger partial charge in [0.25, 0.3) is 0 Å². The zero-order valence-corrected chi connectivity index (χ0v) is 13.8. The largest absolute Gasteiger partial charge is 0.376 e. The van der Waals surface area contributed by atoms with Gasteiger partial charge in [-0.1, -0.05) is 48.5 Å². The molecule has 0 unspecified atom stereocenters. The monoisotopic (exact) mass is 327 g/mol. The summed E-state index contributed by atoms with van der Waals surface area (Å²) in [5, 5.41) is 2.81. The van der Waals surface area contributed by atoms with Crippen molar-refractivity contribution < 1.29 is 9.53 Å². The number of hydrogen-bond acceptors (Lipinski definition) is 3. The second-order valence-corrected chi connectivity index (χ2v) is 6.78. The van der Waals surface area contributed by atoms with Gasteiger partial charge >= 0.3 is 0 Å². The van der Waals surface area contributed by atoms with E-state index in [1.165, 1.54) is 0 Å².